The van der Waals surface area contributed by atoms with Gasteiger partial charge in [-0.2, -0.15) is 0 Å². The number of methoxy groups -OCH3 is 4. The van der Waals surface area contributed by atoms with Gasteiger partial charge in [-0.15, -0.1) is 0 Å². The first-order valence-corrected chi connectivity index (χ1v) is 10.5. The number of aromatic hydroxyl groups is 3. The molecule has 0 spiro atoms. The molecule has 184 valence electrons. The summed E-state index contributed by atoms with van der Waals surface area (Å²) in [4.78, 5) is 25.8. The topological polar surface area (TPSA) is 132 Å². The van der Waals surface area contributed by atoms with Gasteiger partial charge in [-0.1, -0.05) is 6.07 Å². The molecule has 3 rings (SSSR count). The van der Waals surface area contributed by atoms with Crippen LogP contribution in [-0.2, 0) is 12.8 Å². The van der Waals surface area contributed by atoms with E-state index in [9.17, 15) is 24.9 Å². The Morgan fingerprint density at radius 2 is 1.20 bits per heavy atom. The third-order valence-corrected chi connectivity index (χ3v) is 5.55. The van der Waals surface area contributed by atoms with E-state index < -0.39 is 34.4 Å². The van der Waals surface area contributed by atoms with Crippen molar-refractivity contribution in [3.8, 4) is 40.2 Å². The van der Waals surface area contributed by atoms with Gasteiger partial charge < -0.3 is 34.3 Å². The van der Waals surface area contributed by atoms with Crippen LogP contribution in [0.1, 0.15) is 31.8 Å². The summed E-state index contributed by atoms with van der Waals surface area (Å²) < 4.78 is 20.8. The van der Waals surface area contributed by atoms with Crippen LogP contribution in [0.3, 0.4) is 0 Å². The maximum Gasteiger partial charge on any atom is 0.237 e. The van der Waals surface area contributed by atoms with Crippen molar-refractivity contribution in [2.75, 3.05) is 28.4 Å². The van der Waals surface area contributed by atoms with E-state index >= 15 is 0 Å². The fourth-order valence-corrected chi connectivity index (χ4v) is 3.61. The van der Waals surface area contributed by atoms with E-state index in [0.29, 0.717) is 23.7 Å². The second kappa shape index (κ2) is 10.7. The van der Waals surface area contributed by atoms with E-state index in [0.717, 1.165) is 5.56 Å². The SMILES string of the molecule is COc1ccc(CCc2cc(C(=O)C(=O)c3ccc(OC)c(OC)c3)c(O)c(O)c2O)cc1OC. The number of aryl methyl sites for hydroxylation is 2. The lowest BCUT2D eigenvalue weighted by atomic mass is 9.95. The number of ketones is 2. The average Bonchev–Trinajstić information content (AvgIpc) is 2.89. The van der Waals surface area contributed by atoms with Crippen LogP contribution < -0.4 is 18.9 Å². The lowest BCUT2D eigenvalue weighted by molar-refractivity contribution is 0.0814. The smallest absolute Gasteiger partial charge is 0.237 e. The van der Waals surface area contributed by atoms with Crippen molar-refractivity contribution in [1.82, 2.24) is 0 Å². The summed E-state index contributed by atoms with van der Waals surface area (Å²) in [6.07, 6.45) is 0.593. The second-order valence-electron chi connectivity index (χ2n) is 7.55. The van der Waals surface area contributed by atoms with Gasteiger partial charge in [-0.05, 0) is 60.4 Å². The van der Waals surface area contributed by atoms with E-state index in [4.69, 9.17) is 18.9 Å². The molecule has 0 amide bonds. The average molecular weight is 482 g/mol. The predicted molar refractivity (Wildman–Crippen MR) is 127 cm³/mol. The number of benzene rings is 3. The fraction of sp³-hybridized carbons (Fsp3) is 0.231. The zero-order valence-corrected chi connectivity index (χ0v) is 19.7. The first kappa shape index (κ1) is 25.2. The van der Waals surface area contributed by atoms with E-state index in [1.54, 1.807) is 12.1 Å². The van der Waals surface area contributed by atoms with Crippen molar-refractivity contribution >= 4 is 11.6 Å². The van der Waals surface area contributed by atoms with E-state index in [-0.39, 0.29) is 23.3 Å². The molecule has 0 aliphatic heterocycles. The van der Waals surface area contributed by atoms with Crippen molar-refractivity contribution in [2.45, 2.75) is 12.8 Å². The minimum atomic E-state index is -1.06. The number of phenolic OH excluding ortho intramolecular Hbond substituents is 3. The molecule has 0 saturated heterocycles. The lowest BCUT2D eigenvalue weighted by Crippen LogP contribution is -2.15. The van der Waals surface area contributed by atoms with Crippen LogP contribution in [0.25, 0.3) is 0 Å². The monoisotopic (exact) mass is 482 g/mol. The Balaban J connectivity index is 1.91. The highest BCUT2D eigenvalue weighted by atomic mass is 16.5. The van der Waals surface area contributed by atoms with Crippen LogP contribution >= 0.6 is 0 Å². The van der Waals surface area contributed by atoms with Crippen LogP contribution in [0, 0.1) is 0 Å². The molecule has 9 heteroatoms. The van der Waals surface area contributed by atoms with E-state index in [2.05, 4.69) is 0 Å². The van der Waals surface area contributed by atoms with Crippen LogP contribution in [0.4, 0.5) is 0 Å². The molecule has 0 radical (unpaired) electrons. The van der Waals surface area contributed by atoms with Gasteiger partial charge in [0.2, 0.25) is 17.3 Å². The van der Waals surface area contributed by atoms with Crippen molar-refractivity contribution < 1.29 is 43.9 Å². The molecule has 3 aromatic carbocycles. The highest BCUT2D eigenvalue weighted by Crippen LogP contribution is 2.41. The highest BCUT2D eigenvalue weighted by Gasteiger charge is 2.27. The Kier molecular flexibility index (Phi) is 7.70. The summed E-state index contributed by atoms with van der Waals surface area (Å²) in [5, 5.41) is 30.9. The number of hydrogen-bond acceptors (Lipinski definition) is 9. The second-order valence-corrected chi connectivity index (χ2v) is 7.55. The first-order chi connectivity index (χ1) is 16.7. The van der Waals surface area contributed by atoms with E-state index in [1.807, 2.05) is 6.07 Å². The number of hydrogen-bond donors (Lipinski definition) is 3. The van der Waals surface area contributed by atoms with Crippen molar-refractivity contribution in [2.24, 2.45) is 0 Å². The van der Waals surface area contributed by atoms with Crippen molar-refractivity contribution in [3.63, 3.8) is 0 Å². The third-order valence-electron chi connectivity index (χ3n) is 5.55. The molecular weight excluding hydrogens is 456 g/mol. The zero-order valence-electron chi connectivity index (χ0n) is 19.7. The largest absolute Gasteiger partial charge is 0.504 e. The molecule has 0 unspecified atom stereocenters. The molecule has 35 heavy (non-hydrogen) atoms. The Hall–Kier alpha value is -4.40. The van der Waals surface area contributed by atoms with Gasteiger partial charge in [0.25, 0.3) is 0 Å². The lowest BCUT2D eigenvalue weighted by Gasteiger charge is -2.13. The van der Waals surface area contributed by atoms with Gasteiger partial charge in [0.1, 0.15) is 0 Å². The van der Waals surface area contributed by atoms with E-state index in [1.165, 1.54) is 52.7 Å². The molecule has 0 heterocycles. The molecule has 3 N–H and O–H groups in total. The Morgan fingerprint density at radius 3 is 1.80 bits per heavy atom. The van der Waals surface area contributed by atoms with Gasteiger partial charge in [0.15, 0.2) is 34.5 Å². The molecule has 0 saturated carbocycles. The van der Waals surface area contributed by atoms with Crippen molar-refractivity contribution in [3.05, 3.63) is 64.7 Å². The summed E-state index contributed by atoms with van der Waals surface area (Å²) in [6, 6.07) is 10.7. The summed E-state index contributed by atoms with van der Waals surface area (Å²) in [6.45, 7) is 0. The molecule has 0 fully saturated rings. The van der Waals surface area contributed by atoms with Gasteiger partial charge in [0, 0.05) is 5.56 Å². The van der Waals surface area contributed by atoms with Crippen LogP contribution in [-0.4, -0.2) is 55.3 Å². The first-order valence-electron chi connectivity index (χ1n) is 10.5. The molecule has 0 atom stereocenters. The normalized spacial score (nSPS) is 10.5. The molecule has 3 aromatic rings. The molecule has 0 aromatic heterocycles. The number of rotatable bonds is 10. The zero-order chi connectivity index (χ0) is 25.7. The minimum Gasteiger partial charge on any atom is -0.504 e. The quantitative estimate of drug-likeness (QED) is 0.225. The van der Waals surface area contributed by atoms with Crippen molar-refractivity contribution in [1.29, 1.82) is 0 Å². The maximum absolute atomic E-state index is 13.0. The highest BCUT2D eigenvalue weighted by molar-refractivity contribution is 6.49. The predicted octanol–water partition coefficient (Wildman–Crippen LogP) is 3.69. The number of carbonyl (C=O) groups excluding carboxylic acids is 2. The molecule has 9 nitrogen and oxygen atoms in total. The van der Waals surface area contributed by atoms with Crippen LogP contribution in [0.15, 0.2) is 42.5 Å². The number of ether oxygens (including phenoxy) is 4. The maximum atomic E-state index is 13.0. The number of phenols is 3. The third kappa shape index (κ3) is 5.08. The minimum absolute atomic E-state index is 0.00601. The summed E-state index contributed by atoms with van der Waals surface area (Å²) >= 11 is 0. The molecule has 0 bridgehead atoms. The number of carbonyl (C=O) groups is 2. The van der Waals surface area contributed by atoms with Gasteiger partial charge in [0.05, 0.1) is 34.0 Å². The summed E-state index contributed by atoms with van der Waals surface area (Å²) in [5.74, 6) is -2.61. The number of Topliss-reactive ketones (excluding diaryl/α,β-unsaturated/α-hetero) is 2. The standard InChI is InChI=1S/C26H26O9/c1-32-18-9-6-14(11-20(18)34-3)5-7-15-12-17(25(30)26(31)23(15)28)24(29)22(27)16-8-10-19(33-2)21(13-16)35-4/h6,8-13,28,30-31H,5,7H2,1-4H3. The van der Waals surface area contributed by atoms with Gasteiger partial charge in [-0.3, -0.25) is 9.59 Å². The Labute approximate surface area is 202 Å². The summed E-state index contributed by atoms with van der Waals surface area (Å²) in [7, 11) is 5.86. The fourth-order valence-electron chi connectivity index (χ4n) is 3.61. The van der Waals surface area contributed by atoms with Gasteiger partial charge in [-0.25, -0.2) is 0 Å². The Morgan fingerprint density at radius 1 is 0.629 bits per heavy atom. The molecule has 0 aliphatic carbocycles. The van der Waals surface area contributed by atoms with Gasteiger partial charge >= 0.3 is 0 Å². The van der Waals surface area contributed by atoms with Crippen LogP contribution in [0.5, 0.6) is 40.2 Å². The Bertz CT molecular complexity index is 1260. The molecule has 0 aliphatic rings. The van der Waals surface area contributed by atoms with Crippen LogP contribution in [0.2, 0.25) is 0 Å². The summed E-state index contributed by atoms with van der Waals surface area (Å²) in [5.41, 5.74) is 0.594. The molecular formula is C26H26O9.